The number of urea groups is 1. The molecule has 0 aromatic heterocycles. The highest BCUT2D eigenvalue weighted by atomic mass is 35.5. The van der Waals surface area contributed by atoms with E-state index in [0.717, 1.165) is 18.5 Å². The molecule has 0 aliphatic carbocycles. The number of piperazine rings is 1. The molecule has 4 amide bonds. The lowest BCUT2D eigenvalue weighted by Crippen LogP contribution is -2.71. The van der Waals surface area contributed by atoms with E-state index in [2.05, 4.69) is 5.32 Å². The fourth-order valence-electron chi connectivity index (χ4n) is 5.61. The summed E-state index contributed by atoms with van der Waals surface area (Å²) in [5.74, 6) is -0.584. The minimum absolute atomic E-state index is 0.0203. The molecular weight excluding hydrogens is 628 g/mol. The third kappa shape index (κ3) is 8.60. The van der Waals surface area contributed by atoms with Gasteiger partial charge in [0, 0.05) is 31.1 Å². The molecule has 45 heavy (non-hydrogen) atoms. The molecule has 0 bridgehead atoms. The second kappa shape index (κ2) is 13.9. The molecule has 2 aliphatic heterocycles. The van der Waals surface area contributed by atoms with E-state index in [1.807, 2.05) is 19.0 Å². The Labute approximate surface area is 261 Å². The smallest absolute Gasteiger partial charge is 0.334 e. The Hall–Kier alpha value is -3.52. The second-order valence-corrected chi connectivity index (χ2v) is 11.9. The van der Waals surface area contributed by atoms with Crippen LogP contribution in [0.4, 0.5) is 31.1 Å². The Morgan fingerprint density at radius 3 is 2.16 bits per heavy atom. The molecule has 2 atom stereocenters. The summed E-state index contributed by atoms with van der Waals surface area (Å²) in [4.78, 5) is 46.6. The largest absolute Gasteiger partial charge is 0.416 e. The summed E-state index contributed by atoms with van der Waals surface area (Å²) >= 11 is 6.01. The van der Waals surface area contributed by atoms with Crippen molar-refractivity contribution in [2.24, 2.45) is 0 Å². The van der Waals surface area contributed by atoms with Gasteiger partial charge in [0.25, 0.3) is 0 Å². The van der Waals surface area contributed by atoms with Crippen LogP contribution in [-0.4, -0.2) is 83.4 Å². The van der Waals surface area contributed by atoms with Crippen LogP contribution >= 0.6 is 11.6 Å². The van der Waals surface area contributed by atoms with Crippen LogP contribution < -0.4 is 5.32 Å². The van der Waals surface area contributed by atoms with Crippen LogP contribution in [0.3, 0.4) is 0 Å². The lowest BCUT2D eigenvalue weighted by atomic mass is 9.98. The Kier molecular flexibility index (Phi) is 10.6. The van der Waals surface area contributed by atoms with Gasteiger partial charge < -0.3 is 24.9 Å². The summed E-state index contributed by atoms with van der Waals surface area (Å²) in [6.45, 7) is 0.259. The fourth-order valence-corrected chi connectivity index (χ4v) is 5.74. The summed E-state index contributed by atoms with van der Waals surface area (Å²) in [5, 5.41) is 2.94. The Balaban J connectivity index is 1.57. The molecule has 4 rings (SSSR count). The SMILES string of the molecule is CN(C)CCCC[C@H]1C(=O)N(Cc2ccc(Cl)cc2)C[C@@H]2N(C(=O)NCc3cc(C(F)(F)F)cc(C(F)(F)F)c3)CCC(=O)N21. The lowest BCUT2D eigenvalue weighted by Gasteiger charge is -2.52. The number of amides is 4. The van der Waals surface area contributed by atoms with Gasteiger partial charge in [0.15, 0.2) is 0 Å². The van der Waals surface area contributed by atoms with Crippen molar-refractivity contribution >= 4 is 29.4 Å². The normalized spacial score (nSPS) is 19.3. The van der Waals surface area contributed by atoms with E-state index >= 15 is 0 Å². The minimum Gasteiger partial charge on any atom is -0.334 e. The monoisotopic (exact) mass is 661 g/mol. The number of alkyl halides is 6. The van der Waals surface area contributed by atoms with Gasteiger partial charge in [-0.2, -0.15) is 26.3 Å². The molecule has 1 N–H and O–H groups in total. The molecule has 2 fully saturated rings. The third-order valence-corrected chi connectivity index (χ3v) is 8.08. The van der Waals surface area contributed by atoms with Gasteiger partial charge in [0.1, 0.15) is 12.2 Å². The summed E-state index contributed by atoms with van der Waals surface area (Å²) < 4.78 is 80.0. The van der Waals surface area contributed by atoms with Crippen molar-refractivity contribution in [2.45, 2.75) is 63.3 Å². The first-order valence-corrected chi connectivity index (χ1v) is 14.7. The van der Waals surface area contributed by atoms with Crippen molar-refractivity contribution in [3.8, 4) is 0 Å². The van der Waals surface area contributed by atoms with Crippen LogP contribution in [0.5, 0.6) is 0 Å². The fraction of sp³-hybridized carbons (Fsp3) is 0.500. The minimum atomic E-state index is -5.03. The van der Waals surface area contributed by atoms with E-state index in [1.54, 1.807) is 29.2 Å². The maximum Gasteiger partial charge on any atom is 0.416 e. The summed E-state index contributed by atoms with van der Waals surface area (Å²) in [5.41, 5.74) is -2.60. The van der Waals surface area contributed by atoms with E-state index in [-0.39, 0.29) is 43.9 Å². The van der Waals surface area contributed by atoms with E-state index < -0.39 is 53.8 Å². The standard InChI is InChI=1S/C30H34ClF6N5O3/c1-39(2)11-4-3-5-24-27(44)40(17-19-6-8-23(31)9-7-19)18-25-41(12-10-26(43)42(24)25)28(45)38-16-20-13-21(29(32,33)34)15-22(14-20)30(35,36)37/h6-9,13-15,24-25H,3-5,10-12,16-18H2,1-2H3,(H,38,45)/t24-,25+/m0/s1. The van der Waals surface area contributed by atoms with Crippen LogP contribution in [0, 0.1) is 0 Å². The average molecular weight is 662 g/mol. The van der Waals surface area contributed by atoms with Gasteiger partial charge >= 0.3 is 18.4 Å². The Bertz CT molecular complexity index is 1350. The zero-order valence-corrected chi connectivity index (χ0v) is 25.5. The number of unbranched alkanes of at least 4 members (excludes halogenated alkanes) is 1. The molecule has 15 heteroatoms. The number of hydrogen-bond acceptors (Lipinski definition) is 4. The van der Waals surface area contributed by atoms with Crippen molar-refractivity contribution in [1.82, 2.24) is 24.9 Å². The second-order valence-electron chi connectivity index (χ2n) is 11.5. The summed E-state index contributed by atoms with van der Waals surface area (Å²) in [6.07, 6.45) is -9.29. The highest BCUT2D eigenvalue weighted by Crippen LogP contribution is 2.36. The average Bonchev–Trinajstić information content (AvgIpc) is 2.95. The highest BCUT2D eigenvalue weighted by molar-refractivity contribution is 6.30. The van der Waals surface area contributed by atoms with Crippen LogP contribution in [0.2, 0.25) is 5.02 Å². The quantitative estimate of drug-likeness (QED) is 0.281. The maximum absolute atomic E-state index is 13.7. The molecule has 2 aromatic rings. The number of fused-ring (bicyclic) bond motifs is 1. The van der Waals surface area contributed by atoms with Gasteiger partial charge in [-0.05, 0) is 81.4 Å². The van der Waals surface area contributed by atoms with Gasteiger partial charge in [-0.1, -0.05) is 23.7 Å². The van der Waals surface area contributed by atoms with Crippen molar-refractivity contribution in [1.29, 1.82) is 0 Å². The Morgan fingerprint density at radius 1 is 0.956 bits per heavy atom. The number of benzene rings is 2. The van der Waals surface area contributed by atoms with Gasteiger partial charge in [-0.25, -0.2) is 4.79 Å². The zero-order valence-electron chi connectivity index (χ0n) is 24.7. The predicted octanol–water partition coefficient (Wildman–Crippen LogP) is 5.59. The molecule has 8 nitrogen and oxygen atoms in total. The molecule has 2 heterocycles. The first kappa shape index (κ1) is 34.4. The molecule has 0 radical (unpaired) electrons. The number of carbonyl (C=O) groups is 3. The molecule has 2 aromatic carbocycles. The molecule has 0 unspecified atom stereocenters. The van der Waals surface area contributed by atoms with Gasteiger partial charge in [-0.15, -0.1) is 0 Å². The van der Waals surface area contributed by atoms with E-state index in [0.29, 0.717) is 30.0 Å². The predicted molar refractivity (Wildman–Crippen MR) is 154 cm³/mol. The first-order valence-electron chi connectivity index (χ1n) is 14.4. The number of hydrogen-bond donors (Lipinski definition) is 1. The van der Waals surface area contributed by atoms with Crippen molar-refractivity contribution in [3.63, 3.8) is 0 Å². The van der Waals surface area contributed by atoms with Crippen molar-refractivity contribution < 1.29 is 40.7 Å². The number of halogens is 7. The molecular formula is C30H34ClF6N5O3. The number of carbonyl (C=O) groups excluding carboxylic acids is 3. The number of nitrogens with one attached hydrogen (secondary N) is 1. The van der Waals surface area contributed by atoms with Gasteiger partial charge in [0.05, 0.1) is 17.7 Å². The first-order chi connectivity index (χ1) is 21.0. The van der Waals surface area contributed by atoms with Crippen LogP contribution in [-0.2, 0) is 35.0 Å². The van der Waals surface area contributed by atoms with E-state index in [4.69, 9.17) is 11.6 Å². The molecule has 2 aliphatic rings. The number of nitrogens with zero attached hydrogens (tertiary/aromatic N) is 4. The Morgan fingerprint density at radius 2 is 1.58 bits per heavy atom. The maximum atomic E-state index is 13.7. The molecule has 2 saturated heterocycles. The third-order valence-electron chi connectivity index (χ3n) is 7.82. The van der Waals surface area contributed by atoms with Crippen LogP contribution in [0.25, 0.3) is 0 Å². The lowest BCUT2D eigenvalue weighted by molar-refractivity contribution is -0.167. The molecule has 246 valence electrons. The molecule has 0 saturated carbocycles. The van der Waals surface area contributed by atoms with Crippen LogP contribution in [0.1, 0.15) is 47.9 Å². The van der Waals surface area contributed by atoms with Gasteiger partial charge in [-0.3, -0.25) is 9.59 Å². The molecule has 0 spiro atoms. The number of rotatable bonds is 9. The zero-order chi connectivity index (χ0) is 33.1. The van der Waals surface area contributed by atoms with Crippen LogP contribution in [0.15, 0.2) is 42.5 Å². The van der Waals surface area contributed by atoms with E-state index in [1.165, 1.54) is 9.80 Å². The van der Waals surface area contributed by atoms with E-state index in [9.17, 15) is 40.7 Å². The highest BCUT2D eigenvalue weighted by Gasteiger charge is 2.48. The van der Waals surface area contributed by atoms with Crippen molar-refractivity contribution in [3.05, 3.63) is 69.7 Å². The van der Waals surface area contributed by atoms with Crippen molar-refractivity contribution in [2.75, 3.05) is 33.7 Å². The van der Waals surface area contributed by atoms with Gasteiger partial charge in [0.2, 0.25) is 11.8 Å². The summed E-state index contributed by atoms with van der Waals surface area (Å²) in [6, 6.07) is 6.37. The summed E-state index contributed by atoms with van der Waals surface area (Å²) in [7, 11) is 3.84. The topological polar surface area (TPSA) is 76.2 Å².